The molecule has 3 aliphatic heterocycles. The molecule has 4 fully saturated rings. The summed E-state index contributed by atoms with van der Waals surface area (Å²) < 4.78 is 12.7. The van der Waals surface area contributed by atoms with E-state index in [1.54, 1.807) is 0 Å². The Morgan fingerprint density at radius 1 is 0.955 bits per heavy atom. The summed E-state index contributed by atoms with van der Waals surface area (Å²) in [6.45, 7) is 4.50. The topological polar surface area (TPSA) is 58.9 Å². The van der Waals surface area contributed by atoms with Gasteiger partial charge in [0.15, 0.2) is 0 Å². The summed E-state index contributed by atoms with van der Waals surface area (Å²) in [6.07, 6.45) is 6.64. The minimum Gasteiger partial charge on any atom is -0.396 e. The van der Waals surface area contributed by atoms with Crippen LogP contribution in [0.4, 0.5) is 0 Å². The number of hydrogen-bond donors (Lipinski definition) is 2. The molecule has 4 aliphatic rings. The Bertz CT molecular complexity index is 419. The quantitative estimate of drug-likeness (QED) is 0.835. The van der Waals surface area contributed by atoms with Gasteiger partial charge in [-0.1, -0.05) is 26.7 Å². The molecule has 4 rings (SSSR count). The molecule has 3 heterocycles. The van der Waals surface area contributed by atoms with E-state index in [2.05, 4.69) is 13.8 Å². The van der Waals surface area contributed by atoms with Crippen LogP contribution in [-0.4, -0.2) is 46.8 Å². The van der Waals surface area contributed by atoms with E-state index in [0.717, 1.165) is 38.5 Å². The second-order valence-electron chi connectivity index (χ2n) is 7.93. The van der Waals surface area contributed by atoms with E-state index in [4.69, 9.17) is 9.47 Å². The lowest BCUT2D eigenvalue weighted by molar-refractivity contribution is -0.0797. The summed E-state index contributed by atoms with van der Waals surface area (Å²) in [5, 5.41) is 21.2. The fourth-order valence-electron chi connectivity index (χ4n) is 6.26. The Balaban J connectivity index is 1.67. The molecule has 4 nitrogen and oxygen atoms in total. The maximum atomic E-state index is 11.2. The third-order valence-electron chi connectivity index (χ3n) is 7.07. The lowest BCUT2D eigenvalue weighted by Gasteiger charge is -2.43. The molecule has 8 atom stereocenters. The maximum absolute atomic E-state index is 11.2. The Morgan fingerprint density at radius 2 is 1.55 bits per heavy atom. The molecule has 2 N–H and O–H groups in total. The highest BCUT2D eigenvalue weighted by atomic mass is 16.5. The number of rotatable bonds is 4. The van der Waals surface area contributed by atoms with Crippen molar-refractivity contribution in [3.63, 3.8) is 0 Å². The van der Waals surface area contributed by atoms with Crippen molar-refractivity contribution in [2.24, 2.45) is 23.7 Å². The lowest BCUT2D eigenvalue weighted by atomic mass is 9.61. The molecule has 8 unspecified atom stereocenters. The van der Waals surface area contributed by atoms with Crippen molar-refractivity contribution in [3.8, 4) is 0 Å². The zero-order chi connectivity index (χ0) is 15.5. The van der Waals surface area contributed by atoms with Gasteiger partial charge < -0.3 is 19.7 Å². The van der Waals surface area contributed by atoms with E-state index in [0.29, 0.717) is 11.8 Å². The van der Waals surface area contributed by atoms with Gasteiger partial charge >= 0.3 is 0 Å². The summed E-state index contributed by atoms with van der Waals surface area (Å²) in [5.41, 5.74) is -0.625. The molecule has 1 saturated carbocycles. The molecule has 1 aliphatic carbocycles. The minimum atomic E-state index is -0.625. The van der Waals surface area contributed by atoms with Crippen LogP contribution in [0, 0.1) is 23.7 Å². The van der Waals surface area contributed by atoms with Gasteiger partial charge in [-0.15, -0.1) is 0 Å². The van der Waals surface area contributed by atoms with E-state index in [9.17, 15) is 10.2 Å². The van der Waals surface area contributed by atoms with Crippen molar-refractivity contribution < 1.29 is 19.7 Å². The molecule has 2 bridgehead atoms. The summed E-state index contributed by atoms with van der Waals surface area (Å²) in [7, 11) is 0. The molecule has 4 heteroatoms. The van der Waals surface area contributed by atoms with Crippen molar-refractivity contribution in [2.75, 3.05) is 6.61 Å². The Morgan fingerprint density at radius 3 is 2.09 bits per heavy atom. The van der Waals surface area contributed by atoms with Crippen LogP contribution in [0.3, 0.4) is 0 Å². The van der Waals surface area contributed by atoms with Crippen LogP contribution in [-0.2, 0) is 9.47 Å². The van der Waals surface area contributed by atoms with Crippen LogP contribution in [0.5, 0.6) is 0 Å². The molecular formula is C18H30O4. The van der Waals surface area contributed by atoms with Gasteiger partial charge in [0.1, 0.15) is 0 Å². The Kier molecular flexibility index (Phi) is 3.80. The summed E-state index contributed by atoms with van der Waals surface area (Å²) in [6, 6.07) is 0. The monoisotopic (exact) mass is 310 g/mol. The normalized spacial score (nSPS) is 52.4. The minimum absolute atomic E-state index is 0.0797. The van der Waals surface area contributed by atoms with Crippen LogP contribution in [0.1, 0.15) is 52.4 Å². The van der Waals surface area contributed by atoms with Crippen molar-refractivity contribution in [3.05, 3.63) is 0 Å². The number of fused-ring (bicyclic) bond motifs is 5. The van der Waals surface area contributed by atoms with Crippen molar-refractivity contribution >= 4 is 0 Å². The third-order valence-corrected chi connectivity index (χ3v) is 7.07. The van der Waals surface area contributed by atoms with Crippen LogP contribution in [0.2, 0.25) is 0 Å². The highest BCUT2D eigenvalue weighted by molar-refractivity contribution is 5.16. The molecular weight excluding hydrogens is 280 g/mol. The van der Waals surface area contributed by atoms with Gasteiger partial charge in [-0.2, -0.15) is 0 Å². The summed E-state index contributed by atoms with van der Waals surface area (Å²) >= 11 is 0. The first-order valence-electron chi connectivity index (χ1n) is 9.28. The van der Waals surface area contributed by atoms with E-state index in [1.165, 1.54) is 0 Å². The fraction of sp³-hybridized carbons (Fsp3) is 1.00. The van der Waals surface area contributed by atoms with Crippen molar-refractivity contribution in [2.45, 2.75) is 82.4 Å². The smallest absolute Gasteiger partial charge is 0.0705 e. The van der Waals surface area contributed by atoms with Crippen LogP contribution >= 0.6 is 0 Å². The van der Waals surface area contributed by atoms with E-state index in [-0.39, 0.29) is 42.9 Å². The molecule has 3 saturated heterocycles. The molecule has 0 radical (unpaired) electrons. The molecule has 0 aromatic rings. The van der Waals surface area contributed by atoms with E-state index in [1.807, 2.05) is 0 Å². The number of aliphatic hydroxyl groups excluding tert-OH is 1. The standard InChI is InChI=1S/C18H30O4/c1-3-11-13-14(12(4-2)21-11)17-15(10(9-19)16(13)22-17)18(20)7-5-6-8-18/h10-17,19-20H,3-9H2,1-2H3. The summed E-state index contributed by atoms with van der Waals surface area (Å²) in [5.74, 6) is 1.01. The predicted molar refractivity (Wildman–Crippen MR) is 82.4 cm³/mol. The molecule has 0 spiro atoms. The lowest BCUT2D eigenvalue weighted by Crippen LogP contribution is -2.53. The molecule has 0 aromatic heterocycles. The molecule has 0 amide bonds. The number of ether oxygens (including phenoxy) is 2. The van der Waals surface area contributed by atoms with Crippen LogP contribution in [0.15, 0.2) is 0 Å². The highest BCUT2D eigenvalue weighted by Gasteiger charge is 2.69. The van der Waals surface area contributed by atoms with Crippen molar-refractivity contribution in [1.29, 1.82) is 0 Å². The predicted octanol–water partition coefficient (Wildman–Crippen LogP) is 2.12. The number of hydrogen-bond acceptors (Lipinski definition) is 4. The van der Waals surface area contributed by atoms with Gasteiger partial charge in [-0.3, -0.25) is 0 Å². The second kappa shape index (κ2) is 5.44. The fourth-order valence-corrected chi connectivity index (χ4v) is 6.26. The first kappa shape index (κ1) is 15.4. The maximum Gasteiger partial charge on any atom is 0.0705 e. The average molecular weight is 310 g/mol. The zero-order valence-electron chi connectivity index (χ0n) is 13.8. The van der Waals surface area contributed by atoms with Gasteiger partial charge in [-0.25, -0.2) is 0 Å². The highest BCUT2D eigenvalue weighted by Crippen LogP contribution is 2.61. The molecule has 126 valence electrons. The average Bonchev–Trinajstić information content (AvgIpc) is 3.26. The SMILES string of the molecule is CCC1OC(CC)C2C3OC(C(CO)C3C3(O)CCCC3)C12. The third kappa shape index (κ3) is 1.90. The second-order valence-corrected chi connectivity index (χ2v) is 7.93. The Hall–Kier alpha value is -0.160. The van der Waals surface area contributed by atoms with E-state index >= 15 is 0 Å². The van der Waals surface area contributed by atoms with Gasteiger partial charge in [0, 0.05) is 30.3 Å². The van der Waals surface area contributed by atoms with Crippen LogP contribution < -0.4 is 0 Å². The largest absolute Gasteiger partial charge is 0.396 e. The molecule has 0 aromatic carbocycles. The van der Waals surface area contributed by atoms with Gasteiger partial charge in [0.05, 0.1) is 30.0 Å². The van der Waals surface area contributed by atoms with Crippen molar-refractivity contribution in [1.82, 2.24) is 0 Å². The van der Waals surface area contributed by atoms with Crippen LogP contribution in [0.25, 0.3) is 0 Å². The Labute approximate surface area is 133 Å². The van der Waals surface area contributed by atoms with Gasteiger partial charge in [0.2, 0.25) is 0 Å². The first-order chi connectivity index (χ1) is 10.6. The summed E-state index contributed by atoms with van der Waals surface area (Å²) in [4.78, 5) is 0. The first-order valence-corrected chi connectivity index (χ1v) is 9.28. The van der Waals surface area contributed by atoms with Gasteiger partial charge in [-0.05, 0) is 25.7 Å². The number of aliphatic hydroxyl groups is 2. The van der Waals surface area contributed by atoms with E-state index < -0.39 is 5.60 Å². The molecule has 22 heavy (non-hydrogen) atoms. The van der Waals surface area contributed by atoms with Gasteiger partial charge in [0.25, 0.3) is 0 Å². The zero-order valence-corrected chi connectivity index (χ0v) is 13.8.